The van der Waals surface area contributed by atoms with Crippen LogP contribution in [0.4, 0.5) is 4.39 Å². The van der Waals surface area contributed by atoms with Gasteiger partial charge in [0.2, 0.25) is 0 Å². The third-order valence-electron chi connectivity index (χ3n) is 0.889. The van der Waals surface area contributed by atoms with Crippen LogP contribution >= 0.6 is 0 Å². The average molecular weight is 296 g/mol. The van der Waals surface area contributed by atoms with E-state index in [2.05, 4.69) is 0 Å². The molecule has 0 unspecified atom stereocenters. The molecular formula is C6H4FHg. The van der Waals surface area contributed by atoms with E-state index in [4.69, 9.17) is 0 Å². The van der Waals surface area contributed by atoms with E-state index in [9.17, 15) is 4.39 Å². The van der Waals surface area contributed by atoms with Gasteiger partial charge in [0.15, 0.2) is 0 Å². The Hall–Kier alpha value is 0.0851. The van der Waals surface area contributed by atoms with Crippen LogP contribution in [0.15, 0.2) is 24.3 Å². The zero-order valence-corrected chi connectivity index (χ0v) is 9.89. The van der Waals surface area contributed by atoms with Crippen LogP contribution in [0.1, 0.15) is 0 Å². The molecule has 0 N–H and O–H groups in total. The first-order chi connectivity index (χ1) is 3.79. The van der Waals surface area contributed by atoms with Crippen molar-refractivity contribution in [2.75, 3.05) is 0 Å². The molecule has 1 rings (SSSR count). The van der Waals surface area contributed by atoms with Gasteiger partial charge in [-0.3, -0.25) is 0 Å². The summed E-state index contributed by atoms with van der Waals surface area (Å²) in [5.74, 6) is -0.113. The van der Waals surface area contributed by atoms with Crippen molar-refractivity contribution in [3.8, 4) is 0 Å². The summed E-state index contributed by atoms with van der Waals surface area (Å²) in [6, 6.07) is 6.75. The molecule has 0 nitrogen and oxygen atoms in total. The van der Waals surface area contributed by atoms with Crippen LogP contribution in [-0.2, 0) is 26.1 Å². The molecule has 0 aliphatic carbocycles. The van der Waals surface area contributed by atoms with Gasteiger partial charge in [0.25, 0.3) is 0 Å². The predicted octanol–water partition coefficient (Wildman–Crippen LogP) is 0.998. The SMILES string of the molecule is Fc1ccc[c]([Hg])c1. The van der Waals surface area contributed by atoms with E-state index < -0.39 is 0 Å². The van der Waals surface area contributed by atoms with E-state index >= 15 is 0 Å². The predicted molar refractivity (Wildman–Crippen MR) is 26.0 cm³/mol. The van der Waals surface area contributed by atoms with Crippen molar-refractivity contribution in [2.24, 2.45) is 0 Å². The molecule has 0 atom stereocenters. The van der Waals surface area contributed by atoms with Crippen LogP contribution < -0.4 is 3.07 Å². The fourth-order valence-electron chi connectivity index (χ4n) is 0.537. The van der Waals surface area contributed by atoms with Gasteiger partial charge in [-0.2, -0.15) is 0 Å². The molecular weight excluding hydrogens is 292 g/mol. The number of benzene rings is 1. The van der Waals surface area contributed by atoms with Gasteiger partial charge in [-0.05, 0) is 0 Å². The maximum absolute atomic E-state index is 12.2. The van der Waals surface area contributed by atoms with E-state index in [-0.39, 0.29) is 5.82 Å². The van der Waals surface area contributed by atoms with Gasteiger partial charge in [-0.15, -0.1) is 0 Å². The first-order valence-corrected chi connectivity index (χ1v) is 5.11. The minimum absolute atomic E-state index is 0.113. The first kappa shape index (κ1) is 6.21. The van der Waals surface area contributed by atoms with Crippen molar-refractivity contribution in [1.82, 2.24) is 0 Å². The van der Waals surface area contributed by atoms with E-state index in [1.807, 2.05) is 6.07 Å². The molecule has 0 aliphatic rings. The van der Waals surface area contributed by atoms with Crippen LogP contribution in [-0.4, -0.2) is 0 Å². The Kier molecular flexibility index (Phi) is 2.00. The summed E-state index contributed by atoms with van der Waals surface area (Å²) in [6.45, 7) is 0. The molecule has 0 fully saturated rings. The van der Waals surface area contributed by atoms with Gasteiger partial charge >= 0.3 is 63.7 Å². The second kappa shape index (κ2) is 2.58. The molecule has 0 spiro atoms. The van der Waals surface area contributed by atoms with E-state index in [0.29, 0.717) is 26.1 Å². The molecule has 8 heavy (non-hydrogen) atoms. The molecule has 37 valence electrons. The summed E-state index contributed by atoms with van der Waals surface area (Å²) in [6.07, 6.45) is 0. The Morgan fingerprint density at radius 1 is 1.38 bits per heavy atom. The molecule has 1 aromatic rings. The van der Waals surface area contributed by atoms with Gasteiger partial charge in [-0.1, -0.05) is 0 Å². The molecule has 0 bridgehead atoms. The molecule has 0 radical (unpaired) electrons. The second-order valence-electron chi connectivity index (χ2n) is 1.63. The fourth-order valence-corrected chi connectivity index (χ4v) is 1.82. The summed E-state index contributed by atoms with van der Waals surface area (Å²) in [4.78, 5) is 0. The molecule has 0 heterocycles. The number of rotatable bonds is 0. The Morgan fingerprint density at radius 3 is 2.50 bits per heavy atom. The standard InChI is InChI=1S/C6H4F.Hg/c7-6-4-2-1-3-5-6;/h1-2,4-5H;. The maximum atomic E-state index is 12.2. The quantitative estimate of drug-likeness (QED) is 0.627. The van der Waals surface area contributed by atoms with Crippen molar-refractivity contribution >= 4 is 3.07 Å². The minimum atomic E-state index is -0.113. The molecule has 0 amide bonds. The van der Waals surface area contributed by atoms with Crippen LogP contribution in [0.3, 0.4) is 0 Å². The van der Waals surface area contributed by atoms with Gasteiger partial charge in [0.1, 0.15) is 0 Å². The third-order valence-corrected chi connectivity index (χ3v) is 2.60. The molecule has 0 saturated heterocycles. The Bertz CT molecular complexity index is 168. The summed E-state index contributed by atoms with van der Waals surface area (Å²) in [5, 5.41) is 0. The zero-order chi connectivity index (χ0) is 5.98. The summed E-state index contributed by atoms with van der Waals surface area (Å²) in [5.41, 5.74) is 0. The topological polar surface area (TPSA) is 0 Å². The van der Waals surface area contributed by atoms with E-state index in [1.54, 1.807) is 12.1 Å². The van der Waals surface area contributed by atoms with Crippen LogP contribution in [0.25, 0.3) is 0 Å². The zero-order valence-electron chi connectivity index (χ0n) is 4.39. The molecule has 0 saturated carbocycles. The fraction of sp³-hybridized carbons (Fsp3) is 0. The van der Waals surface area contributed by atoms with Crippen molar-refractivity contribution in [3.05, 3.63) is 30.1 Å². The Morgan fingerprint density at radius 2 is 2.12 bits per heavy atom. The van der Waals surface area contributed by atoms with Crippen molar-refractivity contribution in [1.29, 1.82) is 0 Å². The molecule has 1 aromatic carbocycles. The van der Waals surface area contributed by atoms with Crippen LogP contribution in [0, 0.1) is 5.82 Å². The van der Waals surface area contributed by atoms with Crippen LogP contribution in [0.2, 0.25) is 0 Å². The van der Waals surface area contributed by atoms with Gasteiger partial charge < -0.3 is 0 Å². The Balaban J connectivity index is 3.08. The first-order valence-electron chi connectivity index (χ1n) is 2.36. The van der Waals surface area contributed by atoms with Crippen molar-refractivity contribution < 1.29 is 30.5 Å². The molecule has 0 aliphatic heterocycles. The van der Waals surface area contributed by atoms with Crippen LogP contribution in [0.5, 0.6) is 0 Å². The number of halogens is 1. The van der Waals surface area contributed by atoms with Gasteiger partial charge in [0, 0.05) is 0 Å². The van der Waals surface area contributed by atoms with Gasteiger partial charge in [-0.25, -0.2) is 0 Å². The third kappa shape index (κ3) is 1.55. The summed E-state index contributed by atoms with van der Waals surface area (Å²) >= 11 is 0.560. The summed E-state index contributed by atoms with van der Waals surface area (Å²) < 4.78 is 13.4. The number of hydrogen-bond donors (Lipinski definition) is 0. The van der Waals surface area contributed by atoms with E-state index in [1.165, 1.54) is 6.07 Å². The number of hydrogen-bond acceptors (Lipinski definition) is 0. The normalized spacial score (nSPS) is 9.38. The van der Waals surface area contributed by atoms with Crippen molar-refractivity contribution in [3.63, 3.8) is 0 Å². The average Bonchev–Trinajstić information content (AvgIpc) is 1.64. The Labute approximate surface area is 63.7 Å². The monoisotopic (exact) mass is 297 g/mol. The second-order valence-corrected chi connectivity index (χ2v) is 4.80. The molecule has 0 aromatic heterocycles. The van der Waals surface area contributed by atoms with E-state index in [0.717, 1.165) is 3.07 Å². The molecule has 2 heteroatoms. The summed E-state index contributed by atoms with van der Waals surface area (Å²) in [7, 11) is 0. The van der Waals surface area contributed by atoms with Crippen molar-refractivity contribution in [2.45, 2.75) is 0 Å². The van der Waals surface area contributed by atoms with Gasteiger partial charge in [0.05, 0.1) is 0 Å².